The number of ether oxygens (including phenoxy) is 2. The SMILES string of the molecule is COc1ccc2sc(OC3CCN(C(=O)CCS(=O)(=O)c4ccc(Cl)cc4)CC3)nc2c1. The summed E-state index contributed by atoms with van der Waals surface area (Å²) in [5.41, 5.74) is 0.832. The Labute approximate surface area is 195 Å². The molecule has 32 heavy (non-hydrogen) atoms. The molecule has 3 aromatic rings. The highest BCUT2D eigenvalue weighted by Crippen LogP contribution is 2.32. The summed E-state index contributed by atoms with van der Waals surface area (Å²) >= 11 is 7.29. The van der Waals surface area contributed by atoms with Crippen LogP contribution >= 0.6 is 22.9 Å². The van der Waals surface area contributed by atoms with E-state index in [1.165, 1.54) is 35.6 Å². The van der Waals surface area contributed by atoms with Crippen LogP contribution in [-0.4, -0.2) is 56.3 Å². The number of sulfone groups is 1. The number of carbonyl (C=O) groups excluding carboxylic acids is 1. The lowest BCUT2D eigenvalue weighted by atomic mass is 10.1. The van der Waals surface area contributed by atoms with E-state index >= 15 is 0 Å². The van der Waals surface area contributed by atoms with Crippen molar-refractivity contribution in [3.63, 3.8) is 0 Å². The molecule has 170 valence electrons. The highest BCUT2D eigenvalue weighted by molar-refractivity contribution is 7.91. The molecule has 0 unspecified atom stereocenters. The van der Waals surface area contributed by atoms with Gasteiger partial charge in [0.1, 0.15) is 11.9 Å². The number of halogens is 1. The summed E-state index contributed by atoms with van der Waals surface area (Å²) in [6, 6.07) is 11.7. The number of thiazole rings is 1. The minimum Gasteiger partial charge on any atom is -0.497 e. The van der Waals surface area contributed by atoms with Crippen molar-refractivity contribution >= 4 is 48.9 Å². The van der Waals surface area contributed by atoms with Crippen molar-refractivity contribution in [2.24, 2.45) is 0 Å². The Hall–Kier alpha value is -2.36. The van der Waals surface area contributed by atoms with E-state index in [2.05, 4.69) is 4.98 Å². The van der Waals surface area contributed by atoms with Gasteiger partial charge in [-0.1, -0.05) is 22.9 Å². The number of nitrogens with zero attached hydrogens (tertiary/aromatic N) is 2. The van der Waals surface area contributed by atoms with Crippen molar-refractivity contribution in [1.82, 2.24) is 9.88 Å². The summed E-state index contributed by atoms with van der Waals surface area (Å²) in [4.78, 5) is 19.0. The van der Waals surface area contributed by atoms with Crippen LogP contribution in [0.2, 0.25) is 5.02 Å². The van der Waals surface area contributed by atoms with Crippen LogP contribution in [0.5, 0.6) is 10.9 Å². The van der Waals surface area contributed by atoms with Gasteiger partial charge in [-0.15, -0.1) is 0 Å². The molecule has 1 aliphatic heterocycles. The van der Waals surface area contributed by atoms with Crippen LogP contribution in [0.1, 0.15) is 19.3 Å². The standard InChI is InChI=1S/C22H23ClN2O5S2/c1-29-17-4-7-20-19(14-17)24-22(31-20)30-16-8-11-25(12-9-16)21(26)10-13-32(27,28)18-5-2-15(23)3-6-18/h2-7,14,16H,8-13H2,1H3. The van der Waals surface area contributed by atoms with Crippen LogP contribution in [0.15, 0.2) is 47.4 Å². The molecule has 1 amide bonds. The highest BCUT2D eigenvalue weighted by atomic mass is 35.5. The largest absolute Gasteiger partial charge is 0.497 e. The molecule has 0 saturated carbocycles. The van der Waals surface area contributed by atoms with Crippen LogP contribution in [-0.2, 0) is 14.6 Å². The van der Waals surface area contributed by atoms with Gasteiger partial charge in [0, 0.05) is 43.4 Å². The van der Waals surface area contributed by atoms with Crippen molar-refractivity contribution in [3.8, 4) is 10.9 Å². The van der Waals surface area contributed by atoms with Gasteiger partial charge in [-0.05, 0) is 36.4 Å². The molecule has 0 spiro atoms. The Morgan fingerprint density at radius 2 is 1.91 bits per heavy atom. The van der Waals surface area contributed by atoms with Gasteiger partial charge in [0.05, 0.1) is 28.0 Å². The van der Waals surface area contributed by atoms with Crippen molar-refractivity contribution in [2.75, 3.05) is 26.0 Å². The maximum absolute atomic E-state index is 12.6. The summed E-state index contributed by atoms with van der Waals surface area (Å²) in [5, 5.41) is 1.07. The first kappa shape index (κ1) is 22.8. The van der Waals surface area contributed by atoms with E-state index in [-0.39, 0.29) is 29.1 Å². The minimum absolute atomic E-state index is 0.0284. The Morgan fingerprint density at radius 1 is 1.19 bits per heavy atom. The minimum atomic E-state index is -3.53. The molecule has 1 aromatic heterocycles. The predicted molar refractivity (Wildman–Crippen MR) is 125 cm³/mol. The fraction of sp³-hybridized carbons (Fsp3) is 0.364. The molecule has 4 rings (SSSR count). The molecule has 0 N–H and O–H groups in total. The maximum atomic E-state index is 12.6. The van der Waals surface area contributed by atoms with Crippen LogP contribution in [0.3, 0.4) is 0 Å². The predicted octanol–water partition coefficient (Wildman–Crippen LogP) is 4.19. The number of piperidine rings is 1. The Kier molecular flexibility index (Phi) is 6.88. The molecule has 1 fully saturated rings. The number of rotatable bonds is 7. The molecule has 0 bridgehead atoms. The zero-order valence-corrected chi connectivity index (χ0v) is 19.9. The molecule has 1 aliphatic rings. The number of methoxy groups -OCH3 is 1. The first-order chi connectivity index (χ1) is 15.3. The van der Waals surface area contributed by atoms with E-state index in [9.17, 15) is 13.2 Å². The Balaban J connectivity index is 1.27. The number of likely N-dealkylation sites (tertiary alicyclic amines) is 1. The monoisotopic (exact) mass is 494 g/mol. The normalized spacial score (nSPS) is 15.1. The van der Waals surface area contributed by atoms with Gasteiger partial charge in [0.15, 0.2) is 9.84 Å². The van der Waals surface area contributed by atoms with Crippen LogP contribution in [0.4, 0.5) is 0 Å². The number of fused-ring (bicyclic) bond motifs is 1. The molecule has 7 nitrogen and oxygen atoms in total. The molecule has 2 heterocycles. The number of benzene rings is 2. The number of hydrogen-bond acceptors (Lipinski definition) is 7. The number of amides is 1. The lowest BCUT2D eigenvalue weighted by molar-refractivity contribution is -0.132. The topological polar surface area (TPSA) is 85.8 Å². The quantitative estimate of drug-likeness (QED) is 0.489. The van der Waals surface area contributed by atoms with Gasteiger partial charge in [-0.25, -0.2) is 13.4 Å². The lowest BCUT2D eigenvalue weighted by Crippen LogP contribution is -2.42. The molecule has 0 atom stereocenters. The van der Waals surface area contributed by atoms with Crippen LogP contribution in [0.25, 0.3) is 10.2 Å². The molecular weight excluding hydrogens is 472 g/mol. The molecule has 1 saturated heterocycles. The number of carbonyl (C=O) groups is 1. The third-order valence-corrected chi connectivity index (χ3v) is 8.31. The van der Waals surface area contributed by atoms with E-state index in [4.69, 9.17) is 21.1 Å². The lowest BCUT2D eigenvalue weighted by Gasteiger charge is -2.31. The van der Waals surface area contributed by atoms with E-state index in [0.717, 1.165) is 16.0 Å². The number of hydrogen-bond donors (Lipinski definition) is 0. The number of aromatic nitrogens is 1. The van der Waals surface area contributed by atoms with Gasteiger partial charge < -0.3 is 14.4 Å². The van der Waals surface area contributed by atoms with Crippen molar-refractivity contribution < 1.29 is 22.7 Å². The zero-order chi connectivity index (χ0) is 22.7. The zero-order valence-electron chi connectivity index (χ0n) is 17.5. The molecule has 10 heteroatoms. The highest BCUT2D eigenvalue weighted by Gasteiger charge is 2.26. The van der Waals surface area contributed by atoms with Gasteiger partial charge in [-0.3, -0.25) is 4.79 Å². The third kappa shape index (κ3) is 5.33. The van der Waals surface area contributed by atoms with Gasteiger partial charge in [-0.2, -0.15) is 0 Å². The molecule has 0 radical (unpaired) electrons. The van der Waals surface area contributed by atoms with Gasteiger partial charge in [0.25, 0.3) is 5.19 Å². The Morgan fingerprint density at radius 3 is 2.59 bits per heavy atom. The first-order valence-corrected chi connectivity index (χ1v) is 13.1. The molecular formula is C22H23ClN2O5S2. The van der Waals surface area contributed by atoms with Crippen molar-refractivity contribution in [1.29, 1.82) is 0 Å². The second-order valence-corrected chi connectivity index (χ2v) is 11.1. The van der Waals surface area contributed by atoms with E-state index in [1.54, 1.807) is 12.0 Å². The van der Waals surface area contributed by atoms with E-state index in [1.807, 2.05) is 18.2 Å². The van der Waals surface area contributed by atoms with Crippen LogP contribution < -0.4 is 9.47 Å². The average molecular weight is 495 g/mol. The van der Waals surface area contributed by atoms with E-state index < -0.39 is 9.84 Å². The van der Waals surface area contributed by atoms with Gasteiger partial charge >= 0.3 is 0 Å². The summed E-state index contributed by atoms with van der Waals surface area (Å²) in [5.74, 6) is 0.367. The molecule has 2 aromatic carbocycles. The van der Waals surface area contributed by atoms with Crippen molar-refractivity contribution in [3.05, 3.63) is 47.5 Å². The van der Waals surface area contributed by atoms with Crippen LogP contribution in [0, 0.1) is 0 Å². The summed E-state index contributed by atoms with van der Waals surface area (Å²) in [6.07, 6.45) is 1.28. The summed E-state index contributed by atoms with van der Waals surface area (Å²) in [6.45, 7) is 1.06. The van der Waals surface area contributed by atoms with Crippen molar-refractivity contribution in [2.45, 2.75) is 30.3 Å². The molecule has 0 aliphatic carbocycles. The fourth-order valence-corrected chi connectivity index (χ4v) is 5.79. The fourth-order valence-electron chi connectivity index (χ4n) is 3.57. The summed E-state index contributed by atoms with van der Waals surface area (Å²) < 4.78 is 37.2. The summed E-state index contributed by atoms with van der Waals surface area (Å²) in [7, 11) is -1.91. The Bertz CT molecular complexity index is 1200. The smallest absolute Gasteiger partial charge is 0.274 e. The first-order valence-electron chi connectivity index (χ1n) is 10.2. The third-order valence-electron chi connectivity index (χ3n) is 5.39. The second kappa shape index (κ2) is 9.64. The second-order valence-electron chi connectivity index (χ2n) is 7.53. The average Bonchev–Trinajstić information content (AvgIpc) is 3.19. The maximum Gasteiger partial charge on any atom is 0.274 e. The van der Waals surface area contributed by atoms with Gasteiger partial charge in [0.2, 0.25) is 5.91 Å². The van der Waals surface area contributed by atoms with E-state index in [0.29, 0.717) is 36.1 Å².